The van der Waals surface area contributed by atoms with Crippen LogP contribution in [0.15, 0.2) is 0 Å². The molecule has 0 atom stereocenters. The van der Waals surface area contributed by atoms with Crippen LogP contribution < -0.4 is 5.14 Å². The molecule has 120 valence electrons. The maximum absolute atomic E-state index is 11.5. The second-order valence-corrected chi connectivity index (χ2v) is 7.95. The van der Waals surface area contributed by atoms with Gasteiger partial charge in [0.2, 0.25) is 10.0 Å². The minimum absolute atomic E-state index is 0.0783. The Morgan fingerprint density at radius 1 is 1.05 bits per heavy atom. The summed E-state index contributed by atoms with van der Waals surface area (Å²) in [5.41, 5.74) is -0.241. The second-order valence-electron chi connectivity index (χ2n) is 6.33. The van der Waals surface area contributed by atoms with E-state index in [1.165, 1.54) is 32.1 Å². The highest BCUT2D eigenvalue weighted by molar-refractivity contribution is 7.89. The SMILES string of the molecule is CCCCCCOCC1(CS(N)(=O)=O)CCCCCC1. The molecule has 0 unspecified atom stereocenters. The molecule has 1 saturated carbocycles. The zero-order valence-electron chi connectivity index (χ0n) is 12.9. The summed E-state index contributed by atoms with van der Waals surface area (Å²) >= 11 is 0. The van der Waals surface area contributed by atoms with Gasteiger partial charge in [-0.25, -0.2) is 13.6 Å². The molecular formula is C15H31NO3S. The van der Waals surface area contributed by atoms with E-state index in [2.05, 4.69) is 6.92 Å². The summed E-state index contributed by atoms with van der Waals surface area (Å²) in [5.74, 6) is 0.0783. The lowest BCUT2D eigenvalue weighted by Gasteiger charge is -2.31. The van der Waals surface area contributed by atoms with Crippen LogP contribution in [0.4, 0.5) is 0 Å². The van der Waals surface area contributed by atoms with E-state index in [9.17, 15) is 8.42 Å². The summed E-state index contributed by atoms with van der Waals surface area (Å²) in [6, 6.07) is 0. The Hall–Kier alpha value is -0.130. The molecular weight excluding hydrogens is 274 g/mol. The number of hydrogen-bond acceptors (Lipinski definition) is 3. The van der Waals surface area contributed by atoms with Crippen LogP contribution in [0.25, 0.3) is 0 Å². The Labute approximate surface area is 124 Å². The van der Waals surface area contributed by atoms with Gasteiger partial charge in [0.05, 0.1) is 12.4 Å². The van der Waals surface area contributed by atoms with Crippen LogP contribution in [-0.4, -0.2) is 27.4 Å². The Bertz CT molecular complexity index is 346. The molecule has 0 aromatic rings. The molecule has 1 aliphatic rings. The Morgan fingerprint density at radius 2 is 1.70 bits per heavy atom. The van der Waals surface area contributed by atoms with E-state index in [4.69, 9.17) is 9.88 Å². The van der Waals surface area contributed by atoms with Gasteiger partial charge in [0.15, 0.2) is 0 Å². The van der Waals surface area contributed by atoms with Crippen molar-refractivity contribution in [2.24, 2.45) is 10.6 Å². The van der Waals surface area contributed by atoms with Crippen molar-refractivity contribution >= 4 is 10.0 Å². The molecule has 20 heavy (non-hydrogen) atoms. The minimum atomic E-state index is -3.43. The van der Waals surface area contributed by atoms with Crippen LogP contribution >= 0.6 is 0 Å². The minimum Gasteiger partial charge on any atom is -0.381 e. The molecule has 0 amide bonds. The number of primary sulfonamides is 1. The molecule has 1 rings (SSSR count). The van der Waals surface area contributed by atoms with Crippen molar-refractivity contribution in [3.8, 4) is 0 Å². The lowest BCUT2D eigenvalue weighted by atomic mass is 9.83. The van der Waals surface area contributed by atoms with Gasteiger partial charge in [-0.1, -0.05) is 51.9 Å². The average molecular weight is 305 g/mol. The summed E-state index contributed by atoms with van der Waals surface area (Å²) in [5, 5.41) is 5.29. The molecule has 0 radical (unpaired) electrons. The fourth-order valence-electron chi connectivity index (χ4n) is 3.16. The van der Waals surface area contributed by atoms with Crippen molar-refractivity contribution in [2.45, 2.75) is 71.1 Å². The van der Waals surface area contributed by atoms with Crippen LogP contribution in [0.1, 0.15) is 71.1 Å². The van der Waals surface area contributed by atoms with Gasteiger partial charge in [0, 0.05) is 12.0 Å². The molecule has 4 nitrogen and oxygen atoms in total. The van der Waals surface area contributed by atoms with Gasteiger partial charge >= 0.3 is 0 Å². The van der Waals surface area contributed by atoms with Gasteiger partial charge < -0.3 is 4.74 Å². The first kappa shape index (κ1) is 17.9. The zero-order chi connectivity index (χ0) is 14.9. The molecule has 2 N–H and O–H groups in total. The number of unbranched alkanes of at least 4 members (excludes halogenated alkanes) is 3. The monoisotopic (exact) mass is 305 g/mol. The highest BCUT2D eigenvalue weighted by Crippen LogP contribution is 2.36. The van der Waals surface area contributed by atoms with E-state index in [-0.39, 0.29) is 11.2 Å². The first-order valence-corrected chi connectivity index (χ1v) is 9.77. The molecule has 1 aliphatic carbocycles. The Balaban J connectivity index is 2.45. The molecule has 0 aromatic heterocycles. The summed E-state index contributed by atoms with van der Waals surface area (Å²) in [6.07, 6.45) is 11.2. The van der Waals surface area contributed by atoms with Crippen LogP contribution in [0.5, 0.6) is 0 Å². The highest BCUT2D eigenvalue weighted by atomic mass is 32.2. The van der Waals surface area contributed by atoms with Crippen molar-refractivity contribution in [1.82, 2.24) is 0 Å². The maximum atomic E-state index is 11.5. The van der Waals surface area contributed by atoms with Gasteiger partial charge in [0.1, 0.15) is 0 Å². The smallest absolute Gasteiger partial charge is 0.209 e. The largest absolute Gasteiger partial charge is 0.381 e. The van der Waals surface area contributed by atoms with Crippen LogP contribution in [0.3, 0.4) is 0 Å². The number of hydrogen-bond donors (Lipinski definition) is 1. The van der Waals surface area contributed by atoms with Crippen molar-refractivity contribution in [1.29, 1.82) is 0 Å². The molecule has 1 fully saturated rings. The van der Waals surface area contributed by atoms with Gasteiger partial charge in [-0.3, -0.25) is 0 Å². The quantitative estimate of drug-likeness (QED) is 0.525. The van der Waals surface area contributed by atoms with Gasteiger partial charge in [-0.2, -0.15) is 0 Å². The molecule has 0 heterocycles. The molecule has 0 spiro atoms. The van der Waals surface area contributed by atoms with E-state index in [0.29, 0.717) is 6.61 Å². The van der Waals surface area contributed by atoms with Crippen molar-refractivity contribution < 1.29 is 13.2 Å². The highest BCUT2D eigenvalue weighted by Gasteiger charge is 2.35. The predicted octanol–water partition coefficient (Wildman–Crippen LogP) is 3.21. The third kappa shape index (κ3) is 7.60. The molecule has 0 aromatic carbocycles. The van der Waals surface area contributed by atoms with E-state index in [0.717, 1.165) is 38.7 Å². The second kappa shape index (κ2) is 9.00. The lowest BCUT2D eigenvalue weighted by molar-refractivity contribution is 0.0439. The van der Waals surface area contributed by atoms with E-state index in [1.807, 2.05) is 0 Å². The standard InChI is InChI=1S/C15H31NO3S/c1-2-3-4-9-12-19-13-15(14-20(16,17)18)10-7-5-6-8-11-15/h2-14H2,1H3,(H2,16,17,18). The normalized spacial score (nSPS) is 19.7. The van der Waals surface area contributed by atoms with E-state index >= 15 is 0 Å². The predicted molar refractivity (Wildman–Crippen MR) is 83.1 cm³/mol. The molecule has 0 bridgehead atoms. The van der Waals surface area contributed by atoms with Crippen molar-refractivity contribution in [2.75, 3.05) is 19.0 Å². The van der Waals surface area contributed by atoms with Crippen molar-refractivity contribution in [3.63, 3.8) is 0 Å². The van der Waals surface area contributed by atoms with Crippen LogP contribution in [0, 0.1) is 5.41 Å². The number of sulfonamides is 1. The zero-order valence-corrected chi connectivity index (χ0v) is 13.7. The fraction of sp³-hybridized carbons (Fsp3) is 1.00. The molecule has 0 saturated heterocycles. The third-order valence-electron chi connectivity index (χ3n) is 4.22. The first-order chi connectivity index (χ1) is 9.47. The summed E-state index contributed by atoms with van der Waals surface area (Å²) in [7, 11) is -3.43. The van der Waals surface area contributed by atoms with Crippen molar-refractivity contribution in [3.05, 3.63) is 0 Å². The molecule has 5 heteroatoms. The van der Waals surface area contributed by atoms with E-state index < -0.39 is 10.0 Å². The maximum Gasteiger partial charge on any atom is 0.209 e. The third-order valence-corrected chi connectivity index (χ3v) is 5.24. The molecule has 0 aliphatic heterocycles. The Morgan fingerprint density at radius 3 is 2.25 bits per heavy atom. The number of nitrogens with two attached hydrogens (primary N) is 1. The summed E-state index contributed by atoms with van der Waals surface area (Å²) in [6.45, 7) is 3.48. The van der Waals surface area contributed by atoms with Gasteiger partial charge in [0.25, 0.3) is 0 Å². The first-order valence-electron chi connectivity index (χ1n) is 8.06. The number of ether oxygens (including phenoxy) is 1. The summed E-state index contributed by atoms with van der Waals surface area (Å²) in [4.78, 5) is 0. The fourth-order valence-corrected chi connectivity index (χ4v) is 4.38. The average Bonchev–Trinajstić information content (AvgIpc) is 2.57. The topological polar surface area (TPSA) is 69.4 Å². The van der Waals surface area contributed by atoms with E-state index in [1.54, 1.807) is 0 Å². The van der Waals surface area contributed by atoms with Crippen LogP contribution in [0.2, 0.25) is 0 Å². The van der Waals surface area contributed by atoms with Crippen LogP contribution in [-0.2, 0) is 14.8 Å². The van der Waals surface area contributed by atoms with Gasteiger partial charge in [-0.15, -0.1) is 0 Å². The lowest BCUT2D eigenvalue weighted by Crippen LogP contribution is -2.37. The Kier molecular flexibility index (Phi) is 8.07. The number of rotatable bonds is 9. The summed E-state index contributed by atoms with van der Waals surface area (Å²) < 4.78 is 28.8. The van der Waals surface area contributed by atoms with Gasteiger partial charge in [-0.05, 0) is 19.3 Å².